The third-order valence-corrected chi connectivity index (χ3v) is 6.67. The molecule has 1 aromatic carbocycles. The van der Waals surface area contributed by atoms with Gasteiger partial charge in [-0.05, 0) is 62.1 Å². The van der Waals surface area contributed by atoms with Crippen LogP contribution in [-0.4, -0.2) is 56.1 Å². The summed E-state index contributed by atoms with van der Waals surface area (Å²) < 4.78 is 1.77. The highest BCUT2D eigenvalue weighted by Crippen LogP contribution is 2.26. The van der Waals surface area contributed by atoms with Crippen LogP contribution in [0.25, 0.3) is 5.65 Å². The van der Waals surface area contributed by atoms with Gasteiger partial charge in [0.2, 0.25) is 0 Å². The molecule has 0 spiro atoms. The van der Waals surface area contributed by atoms with Crippen LogP contribution >= 0.6 is 0 Å². The Morgan fingerprint density at radius 2 is 1.89 bits per heavy atom. The highest BCUT2D eigenvalue weighted by Gasteiger charge is 2.19. The number of aromatic nitrogens is 4. The number of amides is 1. The van der Waals surface area contributed by atoms with Gasteiger partial charge < -0.3 is 21.3 Å². The van der Waals surface area contributed by atoms with Gasteiger partial charge in [0.25, 0.3) is 5.91 Å². The fourth-order valence-corrected chi connectivity index (χ4v) is 4.55. The number of imidazole rings is 1. The van der Waals surface area contributed by atoms with E-state index in [2.05, 4.69) is 25.7 Å². The minimum absolute atomic E-state index is 0.0178. The Morgan fingerprint density at radius 1 is 1.08 bits per heavy atom. The first-order chi connectivity index (χ1) is 17.5. The number of fused-ring (bicyclic) bond motifs is 1. The molecule has 0 radical (unpaired) electrons. The maximum atomic E-state index is 12.9. The minimum Gasteiger partial charge on any atom is -0.366 e. The lowest BCUT2D eigenvalue weighted by molar-refractivity contribution is 0.0796. The summed E-state index contributed by atoms with van der Waals surface area (Å²) in [7, 11) is 1.82. The van der Waals surface area contributed by atoms with Gasteiger partial charge in [0.15, 0.2) is 5.65 Å². The fourth-order valence-electron chi connectivity index (χ4n) is 4.55. The van der Waals surface area contributed by atoms with E-state index in [1.165, 1.54) is 0 Å². The van der Waals surface area contributed by atoms with Gasteiger partial charge in [0.1, 0.15) is 5.82 Å². The lowest BCUT2D eigenvalue weighted by Gasteiger charge is -2.27. The number of carbonyl (C=O) groups excluding carboxylic acids is 1. The van der Waals surface area contributed by atoms with Gasteiger partial charge in [-0.15, -0.1) is 5.10 Å². The predicted molar refractivity (Wildman–Crippen MR) is 141 cm³/mol. The molecular formula is C27H32N8O. The van der Waals surface area contributed by atoms with Crippen molar-refractivity contribution >= 4 is 28.7 Å². The predicted octanol–water partition coefficient (Wildman–Crippen LogP) is 3.86. The maximum Gasteiger partial charge on any atom is 0.253 e. The molecule has 1 saturated carbocycles. The number of anilines is 3. The van der Waals surface area contributed by atoms with E-state index in [0.29, 0.717) is 24.2 Å². The summed E-state index contributed by atoms with van der Waals surface area (Å²) in [5.41, 5.74) is 10.1. The first kappa shape index (κ1) is 23.7. The van der Waals surface area contributed by atoms with Crippen LogP contribution in [0.4, 0.5) is 17.2 Å². The molecule has 9 nitrogen and oxygen atoms in total. The monoisotopic (exact) mass is 484 g/mol. The molecule has 0 atom stereocenters. The summed E-state index contributed by atoms with van der Waals surface area (Å²) in [6, 6.07) is 16.0. The minimum atomic E-state index is -0.0178. The smallest absolute Gasteiger partial charge is 0.253 e. The van der Waals surface area contributed by atoms with E-state index in [0.717, 1.165) is 60.6 Å². The van der Waals surface area contributed by atoms with Gasteiger partial charge in [-0.1, -0.05) is 6.07 Å². The van der Waals surface area contributed by atoms with Gasteiger partial charge in [0.05, 0.1) is 5.69 Å². The van der Waals surface area contributed by atoms with E-state index in [4.69, 9.17) is 5.73 Å². The zero-order valence-electron chi connectivity index (χ0n) is 20.5. The van der Waals surface area contributed by atoms with Gasteiger partial charge in [0, 0.05) is 73.7 Å². The average Bonchev–Trinajstić information content (AvgIpc) is 3.38. The second-order valence-corrected chi connectivity index (χ2v) is 9.39. The molecule has 1 aliphatic carbocycles. The number of nitrogens with zero attached hydrogens (tertiary/aromatic N) is 5. The Labute approximate surface area is 210 Å². The number of nitrogens with two attached hydrogens (primary N) is 1. The quantitative estimate of drug-likeness (QED) is 0.348. The number of pyridine rings is 1. The summed E-state index contributed by atoms with van der Waals surface area (Å²) in [5, 5.41) is 11.7. The van der Waals surface area contributed by atoms with E-state index in [1.807, 2.05) is 61.8 Å². The second kappa shape index (κ2) is 10.7. The maximum absolute atomic E-state index is 12.9. The Balaban J connectivity index is 1.25. The van der Waals surface area contributed by atoms with Crippen LogP contribution in [0.3, 0.4) is 0 Å². The standard InChI is InChI=1S/C27H32N8O/c1-34(16-13-21-4-2-3-14-29-21)27(36)19-5-9-22(10-6-19)31-24-18-25(33-35-17-15-30-26(24)35)32-23-11-7-20(28)8-12-23/h2-6,9-10,14-15,17-18,20,23,31H,7-8,11-13,16,28H2,1H3,(H,32,33). The fraction of sp³-hybridized carbons (Fsp3) is 0.333. The first-order valence-electron chi connectivity index (χ1n) is 12.4. The highest BCUT2D eigenvalue weighted by atomic mass is 16.2. The van der Waals surface area contributed by atoms with Crippen molar-refractivity contribution in [3.05, 3.63) is 78.4 Å². The molecule has 1 fully saturated rings. The molecule has 9 heteroatoms. The molecule has 3 heterocycles. The number of hydrogen-bond acceptors (Lipinski definition) is 7. The van der Waals surface area contributed by atoms with Gasteiger partial charge in [-0.25, -0.2) is 9.50 Å². The van der Waals surface area contributed by atoms with E-state index in [-0.39, 0.29) is 5.91 Å². The van der Waals surface area contributed by atoms with Gasteiger partial charge >= 0.3 is 0 Å². The van der Waals surface area contributed by atoms with Crippen LogP contribution in [-0.2, 0) is 6.42 Å². The van der Waals surface area contributed by atoms with E-state index >= 15 is 0 Å². The molecule has 0 aliphatic heterocycles. The average molecular weight is 485 g/mol. The third-order valence-electron chi connectivity index (χ3n) is 6.67. The van der Waals surface area contributed by atoms with Crippen molar-refractivity contribution in [2.75, 3.05) is 24.2 Å². The molecular weight excluding hydrogens is 452 g/mol. The zero-order valence-corrected chi connectivity index (χ0v) is 20.5. The molecule has 186 valence electrons. The van der Waals surface area contributed by atoms with E-state index in [9.17, 15) is 4.79 Å². The Hall–Kier alpha value is -3.98. The van der Waals surface area contributed by atoms with E-state index in [1.54, 1.807) is 21.8 Å². The van der Waals surface area contributed by atoms with Crippen LogP contribution < -0.4 is 16.4 Å². The third kappa shape index (κ3) is 5.63. The van der Waals surface area contributed by atoms with Gasteiger partial charge in [-0.3, -0.25) is 9.78 Å². The van der Waals surface area contributed by atoms with Crippen LogP contribution in [0.1, 0.15) is 41.7 Å². The van der Waals surface area contributed by atoms with Crippen molar-refractivity contribution in [3.63, 3.8) is 0 Å². The molecule has 1 amide bonds. The van der Waals surface area contributed by atoms with Gasteiger partial charge in [-0.2, -0.15) is 0 Å². The molecule has 1 aliphatic rings. The molecule has 0 bridgehead atoms. The summed E-state index contributed by atoms with van der Waals surface area (Å²) in [6.07, 6.45) is 10.2. The number of likely N-dealkylation sites (N-methyl/N-ethyl adjacent to an activating group) is 1. The molecule has 36 heavy (non-hydrogen) atoms. The van der Waals surface area contributed by atoms with Crippen molar-refractivity contribution in [1.29, 1.82) is 0 Å². The van der Waals surface area contributed by atoms with Crippen molar-refractivity contribution in [2.24, 2.45) is 5.73 Å². The molecule has 4 N–H and O–H groups in total. The number of hydrogen-bond donors (Lipinski definition) is 3. The SMILES string of the molecule is CN(CCc1ccccn1)C(=O)c1ccc(Nc2cc(NC3CCC(N)CC3)nn3ccnc23)cc1. The van der Waals surface area contributed by atoms with Crippen LogP contribution in [0.2, 0.25) is 0 Å². The second-order valence-electron chi connectivity index (χ2n) is 9.39. The van der Waals surface area contributed by atoms with E-state index < -0.39 is 0 Å². The van der Waals surface area contributed by atoms with Crippen molar-refractivity contribution < 1.29 is 4.79 Å². The lowest BCUT2D eigenvalue weighted by atomic mass is 9.92. The largest absolute Gasteiger partial charge is 0.366 e. The van der Waals surface area contributed by atoms with Crippen molar-refractivity contribution in [2.45, 2.75) is 44.2 Å². The highest BCUT2D eigenvalue weighted by molar-refractivity contribution is 5.94. The van der Waals surface area contributed by atoms with Crippen LogP contribution in [0, 0.1) is 0 Å². The molecule has 4 aromatic rings. The van der Waals surface area contributed by atoms with Crippen LogP contribution in [0.5, 0.6) is 0 Å². The summed E-state index contributed by atoms with van der Waals surface area (Å²) in [5.74, 6) is 0.778. The number of rotatable bonds is 8. The Morgan fingerprint density at radius 3 is 2.64 bits per heavy atom. The molecule has 3 aromatic heterocycles. The normalized spacial score (nSPS) is 17.6. The summed E-state index contributed by atoms with van der Waals surface area (Å²) in [6.45, 7) is 0.605. The Bertz CT molecular complexity index is 1300. The van der Waals surface area contributed by atoms with Crippen molar-refractivity contribution in [1.82, 2.24) is 24.5 Å². The molecule has 5 rings (SSSR count). The topological polar surface area (TPSA) is 113 Å². The zero-order chi connectivity index (χ0) is 24.9. The summed E-state index contributed by atoms with van der Waals surface area (Å²) >= 11 is 0. The van der Waals surface area contributed by atoms with Crippen LogP contribution in [0.15, 0.2) is 67.1 Å². The molecule has 0 unspecified atom stereocenters. The Kier molecular flexibility index (Phi) is 7.08. The number of carbonyl (C=O) groups is 1. The lowest BCUT2D eigenvalue weighted by Crippen LogP contribution is -2.33. The number of benzene rings is 1. The summed E-state index contributed by atoms with van der Waals surface area (Å²) in [4.78, 5) is 23.4. The molecule has 0 saturated heterocycles. The number of nitrogens with one attached hydrogen (secondary N) is 2. The first-order valence-corrected chi connectivity index (χ1v) is 12.4. The van der Waals surface area contributed by atoms with Crippen molar-refractivity contribution in [3.8, 4) is 0 Å².